The Kier molecular flexibility index (Phi) is 16.8. The molecule has 32 heavy (non-hydrogen) atoms. The van der Waals surface area contributed by atoms with Gasteiger partial charge in [-0.1, -0.05) is 30.3 Å². The van der Waals surface area contributed by atoms with E-state index >= 15 is 0 Å². The van der Waals surface area contributed by atoms with Gasteiger partial charge in [-0.3, -0.25) is 14.4 Å². The Labute approximate surface area is 190 Å². The minimum absolute atomic E-state index is 0.0151. The Morgan fingerprint density at radius 2 is 1.22 bits per heavy atom. The predicted molar refractivity (Wildman–Crippen MR) is 118 cm³/mol. The van der Waals surface area contributed by atoms with Gasteiger partial charge in [0.05, 0.1) is 32.8 Å². The third-order valence-electron chi connectivity index (χ3n) is 4.52. The van der Waals surface area contributed by atoms with Crippen LogP contribution in [0, 0.1) is 0 Å². The Morgan fingerprint density at radius 1 is 0.656 bits per heavy atom. The highest BCUT2D eigenvalue weighted by Crippen LogP contribution is 2.04. The molecule has 180 valence electrons. The molecule has 0 aliphatic rings. The second-order valence-corrected chi connectivity index (χ2v) is 7.33. The van der Waals surface area contributed by atoms with Crippen LogP contribution in [0.5, 0.6) is 0 Å². The molecule has 0 bridgehead atoms. The second-order valence-electron chi connectivity index (χ2n) is 7.33. The van der Waals surface area contributed by atoms with Crippen molar-refractivity contribution in [3.05, 3.63) is 35.9 Å². The molecule has 0 saturated heterocycles. The number of esters is 1. The Balaban J connectivity index is 1.76. The van der Waals surface area contributed by atoms with Gasteiger partial charge in [-0.2, -0.15) is 0 Å². The molecular formula is C24H36O8. The van der Waals surface area contributed by atoms with Crippen LogP contribution in [0.1, 0.15) is 56.9 Å². The van der Waals surface area contributed by atoms with E-state index in [-0.39, 0.29) is 24.6 Å². The molecule has 0 atom stereocenters. The normalized spacial score (nSPS) is 10.8. The van der Waals surface area contributed by atoms with E-state index in [0.29, 0.717) is 65.5 Å². The number of Topliss-reactive ketones (excluding diaryl/α,β-unsaturated/α-hetero) is 1. The van der Waals surface area contributed by atoms with Crippen LogP contribution in [0.3, 0.4) is 0 Å². The lowest BCUT2D eigenvalue weighted by molar-refractivity contribution is -0.145. The van der Waals surface area contributed by atoms with Gasteiger partial charge in [0.25, 0.3) is 0 Å². The fourth-order valence-corrected chi connectivity index (χ4v) is 2.72. The fraction of sp³-hybridized carbons (Fsp3) is 0.625. The molecule has 1 aromatic carbocycles. The number of hydrogen-bond acceptors (Lipinski definition) is 7. The van der Waals surface area contributed by atoms with Crippen molar-refractivity contribution < 1.29 is 38.4 Å². The topological polar surface area (TPSA) is 108 Å². The molecule has 8 heteroatoms. The van der Waals surface area contributed by atoms with Gasteiger partial charge in [0.2, 0.25) is 0 Å². The van der Waals surface area contributed by atoms with E-state index < -0.39 is 5.97 Å². The first kappa shape index (κ1) is 27.7. The number of aliphatic carboxylic acids is 1. The van der Waals surface area contributed by atoms with Gasteiger partial charge in [-0.25, -0.2) is 0 Å². The number of ether oxygens (including phenoxy) is 4. The Hall–Kier alpha value is -2.29. The van der Waals surface area contributed by atoms with Crippen LogP contribution in [0.4, 0.5) is 0 Å². The van der Waals surface area contributed by atoms with E-state index in [2.05, 4.69) is 0 Å². The van der Waals surface area contributed by atoms with E-state index in [1.165, 1.54) is 0 Å². The summed E-state index contributed by atoms with van der Waals surface area (Å²) in [6, 6.07) is 9.61. The lowest BCUT2D eigenvalue weighted by Crippen LogP contribution is -2.10. The highest BCUT2D eigenvalue weighted by atomic mass is 16.5. The lowest BCUT2D eigenvalue weighted by atomic mass is 10.1. The summed E-state index contributed by atoms with van der Waals surface area (Å²) in [5, 5.41) is 8.51. The molecular weight excluding hydrogens is 416 g/mol. The zero-order chi connectivity index (χ0) is 23.3. The van der Waals surface area contributed by atoms with Gasteiger partial charge in [0.1, 0.15) is 12.4 Å². The number of carboxylic acid groups (broad SMARTS) is 1. The largest absolute Gasteiger partial charge is 0.481 e. The first-order chi connectivity index (χ1) is 15.6. The summed E-state index contributed by atoms with van der Waals surface area (Å²) in [4.78, 5) is 33.5. The first-order valence-electron chi connectivity index (χ1n) is 11.2. The predicted octanol–water partition coefficient (Wildman–Crippen LogP) is 3.55. The average molecular weight is 453 g/mol. The van der Waals surface area contributed by atoms with Crippen LogP contribution in [0.25, 0.3) is 0 Å². The number of hydrogen-bond donors (Lipinski definition) is 1. The van der Waals surface area contributed by atoms with Crippen LogP contribution >= 0.6 is 0 Å². The van der Waals surface area contributed by atoms with Crippen molar-refractivity contribution in [2.45, 2.75) is 58.0 Å². The molecule has 0 aliphatic carbocycles. The molecule has 1 rings (SSSR count). The summed E-state index contributed by atoms with van der Waals surface area (Å²) in [6.07, 6.45) is 3.79. The molecule has 0 aromatic heterocycles. The van der Waals surface area contributed by atoms with Gasteiger partial charge >= 0.3 is 11.9 Å². The van der Waals surface area contributed by atoms with Crippen molar-refractivity contribution in [3.63, 3.8) is 0 Å². The SMILES string of the molecule is O=C(O)CCC(=O)CCCCOCCOCCOCCCCC(=O)OCc1ccccc1. The average Bonchev–Trinajstić information content (AvgIpc) is 2.79. The fourth-order valence-electron chi connectivity index (χ4n) is 2.72. The van der Waals surface area contributed by atoms with Crippen molar-refractivity contribution in [1.29, 1.82) is 0 Å². The molecule has 1 aromatic rings. The minimum Gasteiger partial charge on any atom is -0.481 e. The number of carbonyl (C=O) groups excluding carboxylic acids is 2. The number of carboxylic acids is 1. The van der Waals surface area contributed by atoms with E-state index in [4.69, 9.17) is 24.1 Å². The molecule has 0 amide bonds. The van der Waals surface area contributed by atoms with Gasteiger partial charge in [0.15, 0.2) is 0 Å². The third-order valence-corrected chi connectivity index (χ3v) is 4.52. The maximum absolute atomic E-state index is 11.7. The summed E-state index contributed by atoms with van der Waals surface area (Å²) in [5.74, 6) is -1.15. The number of ketones is 1. The maximum Gasteiger partial charge on any atom is 0.306 e. The van der Waals surface area contributed by atoms with Crippen LogP contribution < -0.4 is 0 Å². The van der Waals surface area contributed by atoms with E-state index in [1.807, 2.05) is 30.3 Å². The molecule has 0 radical (unpaired) electrons. The Morgan fingerprint density at radius 3 is 1.81 bits per heavy atom. The van der Waals surface area contributed by atoms with E-state index in [9.17, 15) is 14.4 Å². The highest BCUT2D eigenvalue weighted by molar-refractivity contribution is 5.82. The second kappa shape index (κ2) is 19.4. The lowest BCUT2D eigenvalue weighted by Gasteiger charge is -2.07. The minimum atomic E-state index is -0.941. The van der Waals surface area contributed by atoms with Gasteiger partial charge in [-0.05, 0) is 31.2 Å². The summed E-state index contributed by atoms with van der Waals surface area (Å²) >= 11 is 0. The van der Waals surface area contributed by atoms with Gasteiger partial charge < -0.3 is 24.1 Å². The van der Waals surface area contributed by atoms with Crippen molar-refractivity contribution in [3.8, 4) is 0 Å². The number of carbonyl (C=O) groups is 3. The van der Waals surface area contributed by atoms with Crippen molar-refractivity contribution in [2.24, 2.45) is 0 Å². The molecule has 0 unspecified atom stereocenters. The van der Waals surface area contributed by atoms with Crippen LogP contribution in [0.2, 0.25) is 0 Å². The molecule has 1 N–H and O–H groups in total. The van der Waals surface area contributed by atoms with Gasteiger partial charge in [0, 0.05) is 32.5 Å². The van der Waals surface area contributed by atoms with Crippen molar-refractivity contribution in [2.75, 3.05) is 39.6 Å². The summed E-state index contributed by atoms with van der Waals surface area (Å²) in [5.41, 5.74) is 0.982. The standard InChI is InChI=1S/C24H36O8/c25-22(12-13-23(26)27)10-4-6-14-29-16-18-31-19-17-30-15-7-5-11-24(28)32-20-21-8-2-1-3-9-21/h1-3,8-9H,4-7,10-20H2,(H,26,27). The molecule has 0 saturated carbocycles. The molecule has 0 fully saturated rings. The summed E-state index contributed by atoms with van der Waals surface area (Å²) < 4.78 is 21.5. The number of unbranched alkanes of at least 4 members (excludes halogenated alkanes) is 2. The molecule has 0 aliphatic heterocycles. The smallest absolute Gasteiger partial charge is 0.306 e. The highest BCUT2D eigenvalue weighted by Gasteiger charge is 2.05. The Bertz CT molecular complexity index is 632. The van der Waals surface area contributed by atoms with E-state index in [1.54, 1.807) is 0 Å². The van der Waals surface area contributed by atoms with Crippen molar-refractivity contribution in [1.82, 2.24) is 0 Å². The molecule has 8 nitrogen and oxygen atoms in total. The number of rotatable bonds is 21. The maximum atomic E-state index is 11.7. The summed E-state index contributed by atoms with van der Waals surface area (Å²) in [7, 11) is 0. The van der Waals surface area contributed by atoms with Crippen LogP contribution in [-0.2, 0) is 39.9 Å². The van der Waals surface area contributed by atoms with Crippen molar-refractivity contribution >= 4 is 17.7 Å². The zero-order valence-electron chi connectivity index (χ0n) is 18.8. The zero-order valence-corrected chi connectivity index (χ0v) is 18.8. The quantitative estimate of drug-likeness (QED) is 0.223. The number of benzene rings is 1. The monoisotopic (exact) mass is 452 g/mol. The van der Waals surface area contributed by atoms with Crippen LogP contribution in [-0.4, -0.2) is 62.5 Å². The summed E-state index contributed by atoms with van der Waals surface area (Å²) in [6.45, 7) is 3.39. The third kappa shape index (κ3) is 17.4. The first-order valence-corrected chi connectivity index (χ1v) is 11.2. The van der Waals surface area contributed by atoms with E-state index in [0.717, 1.165) is 24.8 Å². The van der Waals surface area contributed by atoms with Crippen LogP contribution in [0.15, 0.2) is 30.3 Å². The molecule has 0 heterocycles. The molecule has 0 spiro atoms. The van der Waals surface area contributed by atoms with Gasteiger partial charge in [-0.15, -0.1) is 0 Å².